The number of nitrogens with zero attached hydrogens (tertiary/aromatic N) is 3. The van der Waals surface area contributed by atoms with Gasteiger partial charge in [-0.25, -0.2) is 9.97 Å². The summed E-state index contributed by atoms with van der Waals surface area (Å²) in [6.45, 7) is 4.01. The van der Waals surface area contributed by atoms with Gasteiger partial charge in [-0.1, -0.05) is 37.3 Å². The molecule has 0 aliphatic rings. The molecule has 1 aromatic carbocycles. The van der Waals surface area contributed by atoms with E-state index in [-0.39, 0.29) is 11.9 Å². The van der Waals surface area contributed by atoms with Gasteiger partial charge in [0.25, 0.3) is 5.91 Å². The van der Waals surface area contributed by atoms with E-state index in [9.17, 15) is 4.79 Å². The molecule has 1 aromatic heterocycles. The van der Waals surface area contributed by atoms with Crippen molar-refractivity contribution in [2.45, 2.75) is 26.3 Å². The van der Waals surface area contributed by atoms with Crippen LogP contribution in [0, 0.1) is 0 Å². The van der Waals surface area contributed by atoms with Crippen molar-refractivity contribution in [2.24, 2.45) is 0 Å². The minimum Gasteiger partial charge on any atom is -0.362 e. The molecule has 5 heteroatoms. The fraction of sp³-hybridized carbons (Fsp3) is 0.353. The summed E-state index contributed by atoms with van der Waals surface area (Å²) in [5.74, 6) is 1.09. The van der Waals surface area contributed by atoms with Gasteiger partial charge in [-0.15, -0.1) is 0 Å². The Morgan fingerprint density at radius 3 is 2.55 bits per heavy atom. The number of benzene rings is 1. The summed E-state index contributed by atoms with van der Waals surface area (Å²) in [5, 5.41) is 2.95. The van der Waals surface area contributed by atoms with Gasteiger partial charge < -0.3 is 10.2 Å². The Hall–Kier alpha value is -2.43. The maximum Gasteiger partial charge on any atom is 0.256 e. The van der Waals surface area contributed by atoms with E-state index in [0.29, 0.717) is 17.2 Å². The highest BCUT2D eigenvalue weighted by Crippen LogP contribution is 2.21. The van der Waals surface area contributed by atoms with Crippen LogP contribution in [0.3, 0.4) is 0 Å². The molecule has 0 fully saturated rings. The Kier molecular flexibility index (Phi) is 5.09. The van der Waals surface area contributed by atoms with Crippen LogP contribution in [-0.4, -0.2) is 36.0 Å². The van der Waals surface area contributed by atoms with Gasteiger partial charge in [0.2, 0.25) is 0 Å². The summed E-state index contributed by atoms with van der Waals surface area (Å²) >= 11 is 0. The number of carbonyl (C=O) groups excluding carboxylic acids is 1. The molecule has 0 aliphatic heterocycles. The molecule has 0 unspecified atom stereocenters. The molecule has 0 saturated carbocycles. The highest BCUT2D eigenvalue weighted by Gasteiger charge is 2.18. The normalized spacial score (nSPS) is 11.8. The Balaban J connectivity index is 2.38. The minimum atomic E-state index is -0.141. The van der Waals surface area contributed by atoms with E-state index in [2.05, 4.69) is 15.3 Å². The first-order valence-corrected chi connectivity index (χ1v) is 7.43. The lowest BCUT2D eigenvalue weighted by atomic mass is 10.2. The van der Waals surface area contributed by atoms with E-state index < -0.39 is 0 Å². The largest absolute Gasteiger partial charge is 0.362 e. The summed E-state index contributed by atoms with van der Waals surface area (Å²) in [7, 11) is 3.74. The summed E-state index contributed by atoms with van der Waals surface area (Å²) in [4.78, 5) is 23.1. The third kappa shape index (κ3) is 3.61. The van der Waals surface area contributed by atoms with Crippen molar-refractivity contribution in [3.63, 3.8) is 0 Å². The number of nitrogens with one attached hydrogen (secondary N) is 1. The van der Waals surface area contributed by atoms with Crippen molar-refractivity contribution < 1.29 is 4.79 Å². The van der Waals surface area contributed by atoms with Crippen LogP contribution in [0.5, 0.6) is 0 Å². The topological polar surface area (TPSA) is 58.1 Å². The second kappa shape index (κ2) is 7.02. The lowest BCUT2D eigenvalue weighted by Crippen LogP contribution is -2.33. The van der Waals surface area contributed by atoms with Crippen LogP contribution in [0.1, 0.15) is 30.6 Å². The molecule has 22 heavy (non-hydrogen) atoms. The van der Waals surface area contributed by atoms with Gasteiger partial charge in [0, 0.05) is 31.9 Å². The lowest BCUT2D eigenvalue weighted by Gasteiger charge is -2.18. The van der Waals surface area contributed by atoms with E-state index in [4.69, 9.17) is 0 Å². The number of anilines is 1. The first kappa shape index (κ1) is 15.9. The van der Waals surface area contributed by atoms with E-state index in [0.717, 1.165) is 12.0 Å². The molecule has 1 heterocycles. The van der Waals surface area contributed by atoms with Crippen molar-refractivity contribution >= 4 is 11.7 Å². The summed E-state index contributed by atoms with van der Waals surface area (Å²) in [6.07, 6.45) is 2.48. The molecular weight excluding hydrogens is 276 g/mol. The first-order valence-electron chi connectivity index (χ1n) is 7.43. The summed E-state index contributed by atoms with van der Waals surface area (Å²) in [6, 6.07) is 9.86. The maximum absolute atomic E-state index is 12.4. The maximum atomic E-state index is 12.4. The predicted molar refractivity (Wildman–Crippen MR) is 89.0 cm³/mol. The van der Waals surface area contributed by atoms with Crippen molar-refractivity contribution in [3.05, 3.63) is 42.1 Å². The SMILES string of the molecule is CC[C@H](C)NC(=O)c1cnc(-c2ccccc2)nc1N(C)C. The molecule has 0 saturated heterocycles. The van der Waals surface area contributed by atoms with E-state index in [1.165, 1.54) is 0 Å². The summed E-state index contributed by atoms with van der Waals surface area (Å²) < 4.78 is 0. The van der Waals surface area contributed by atoms with Crippen LogP contribution in [0.4, 0.5) is 5.82 Å². The zero-order valence-electron chi connectivity index (χ0n) is 13.5. The molecule has 2 rings (SSSR count). The van der Waals surface area contributed by atoms with Gasteiger partial charge >= 0.3 is 0 Å². The highest BCUT2D eigenvalue weighted by molar-refractivity contribution is 5.99. The smallest absolute Gasteiger partial charge is 0.256 e. The van der Waals surface area contributed by atoms with Gasteiger partial charge in [-0.3, -0.25) is 4.79 Å². The second-order valence-electron chi connectivity index (χ2n) is 5.47. The van der Waals surface area contributed by atoms with E-state index in [1.807, 2.05) is 63.2 Å². The number of hydrogen-bond acceptors (Lipinski definition) is 4. The van der Waals surface area contributed by atoms with E-state index >= 15 is 0 Å². The predicted octanol–water partition coefficient (Wildman–Crippen LogP) is 2.74. The average Bonchev–Trinajstić information content (AvgIpc) is 2.54. The molecule has 5 nitrogen and oxygen atoms in total. The van der Waals surface area contributed by atoms with Crippen molar-refractivity contribution in [3.8, 4) is 11.4 Å². The molecule has 0 spiro atoms. The fourth-order valence-corrected chi connectivity index (χ4v) is 2.00. The third-order valence-corrected chi connectivity index (χ3v) is 3.46. The Labute approximate surface area is 131 Å². The zero-order chi connectivity index (χ0) is 16.1. The van der Waals surface area contributed by atoms with Crippen molar-refractivity contribution in [1.82, 2.24) is 15.3 Å². The number of hydrogen-bond donors (Lipinski definition) is 1. The number of rotatable bonds is 5. The number of amides is 1. The molecule has 2 aromatic rings. The van der Waals surface area contributed by atoms with E-state index in [1.54, 1.807) is 6.20 Å². The monoisotopic (exact) mass is 298 g/mol. The van der Waals surface area contributed by atoms with Crippen molar-refractivity contribution in [1.29, 1.82) is 0 Å². The number of aromatic nitrogens is 2. The zero-order valence-corrected chi connectivity index (χ0v) is 13.5. The van der Waals surface area contributed by atoms with Crippen LogP contribution < -0.4 is 10.2 Å². The number of carbonyl (C=O) groups is 1. The first-order chi connectivity index (χ1) is 10.5. The summed E-state index contributed by atoms with van der Waals surface area (Å²) in [5.41, 5.74) is 1.42. The Bertz CT molecular complexity index is 640. The minimum absolute atomic E-state index is 0.122. The Morgan fingerprint density at radius 2 is 1.95 bits per heavy atom. The molecule has 116 valence electrons. The molecule has 0 bridgehead atoms. The standard InChI is InChI=1S/C17H22N4O/c1-5-12(2)19-17(22)14-11-18-15(20-16(14)21(3)4)13-9-7-6-8-10-13/h6-12H,5H2,1-4H3,(H,19,22)/t12-/m0/s1. The van der Waals surface area contributed by atoms with Crippen LogP contribution in [-0.2, 0) is 0 Å². The molecule has 0 aliphatic carbocycles. The molecule has 1 N–H and O–H groups in total. The highest BCUT2D eigenvalue weighted by atomic mass is 16.1. The average molecular weight is 298 g/mol. The Morgan fingerprint density at radius 1 is 1.27 bits per heavy atom. The van der Waals surface area contributed by atoms with Gasteiger partial charge in [0.15, 0.2) is 5.82 Å². The molecule has 1 atom stereocenters. The lowest BCUT2D eigenvalue weighted by molar-refractivity contribution is 0.0939. The van der Waals surface area contributed by atoms with Crippen LogP contribution in [0.2, 0.25) is 0 Å². The van der Waals surface area contributed by atoms with Crippen LogP contribution in [0.25, 0.3) is 11.4 Å². The second-order valence-corrected chi connectivity index (χ2v) is 5.47. The quantitative estimate of drug-likeness (QED) is 0.922. The van der Waals surface area contributed by atoms with Gasteiger partial charge in [-0.05, 0) is 13.3 Å². The third-order valence-electron chi connectivity index (χ3n) is 3.46. The van der Waals surface area contributed by atoms with Crippen LogP contribution >= 0.6 is 0 Å². The van der Waals surface area contributed by atoms with Gasteiger partial charge in [-0.2, -0.15) is 0 Å². The van der Waals surface area contributed by atoms with Crippen molar-refractivity contribution in [2.75, 3.05) is 19.0 Å². The van der Waals surface area contributed by atoms with Gasteiger partial charge in [0.1, 0.15) is 11.4 Å². The fourth-order valence-electron chi connectivity index (χ4n) is 2.00. The molecular formula is C17H22N4O. The van der Waals surface area contributed by atoms with Crippen LogP contribution in [0.15, 0.2) is 36.5 Å². The molecule has 0 radical (unpaired) electrons. The van der Waals surface area contributed by atoms with Gasteiger partial charge in [0.05, 0.1) is 0 Å². The molecule has 1 amide bonds.